The lowest BCUT2D eigenvalue weighted by Crippen LogP contribution is -2.10. The van der Waals surface area contributed by atoms with Crippen LogP contribution in [0.3, 0.4) is 0 Å². The Labute approximate surface area is 200 Å². The van der Waals surface area contributed by atoms with Crippen LogP contribution in [0.5, 0.6) is 5.75 Å². The van der Waals surface area contributed by atoms with Crippen LogP contribution in [0.4, 0.5) is 0 Å². The second kappa shape index (κ2) is 8.90. The van der Waals surface area contributed by atoms with E-state index in [0.29, 0.717) is 5.65 Å². The van der Waals surface area contributed by atoms with Gasteiger partial charge in [-0.2, -0.15) is 0 Å². The molecule has 0 radical (unpaired) electrons. The summed E-state index contributed by atoms with van der Waals surface area (Å²) in [6.45, 7) is 9.56. The fraction of sp³-hybridized carbons (Fsp3) is 0.276. The maximum absolute atomic E-state index is 5.87. The van der Waals surface area contributed by atoms with Gasteiger partial charge >= 0.3 is 0 Å². The molecule has 5 rings (SSSR count). The Bertz CT molecular complexity index is 1430. The number of nitrogens with zero attached hydrogens (tertiary/aromatic N) is 4. The molecule has 3 aromatic carbocycles. The van der Waals surface area contributed by atoms with Crippen LogP contribution in [0.1, 0.15) is 46.1 Å². The highest BCUT2D eigenvalue weighted by molar-refractivity contribution is 5.86. The summed E-state index contributed by atoms with van der Waals surface area (Å²) in [6.07, 6.45) is 2.16. The summed E-state index contributed by atoms with van der Waals surface area (Å²) in [5.74, 6) is 1.69. The third-order valence-corrected chi connectivity index (χ3v) is 6.04. The van der Waals surface area contributed by atoms with Crippen molar-refractivity contribution in [2.75, 3.05) is 6.61 Å². The molecule has 2 aromatic heterocycles. The van der Waals surface area contributed by atoms with Crippen LogP contribution in [0, 0.1) is 0 Å². The van der Waals surface area contributed by atoms with Gasteiger partial charge in [-0.1, -0.05) is 70.5 Å². The number of para-hydroxylation sites is 2. The minimum absolute atomic E-state index is 0.0904. The average Bonchev–Trinajstić information content (AvgIpc) is 3.21. The number of hydrogen-bond donors (Lipinski definition) is 0. The topological polar surface area (TPSA) is 52.8 Å². The summed E-state index contributed by atoms with van der Waals surface area (Å²) in [7, 11) is 0. The van der Waals surface area contributed by atoms with E-state index in [1.807, 2.05) is 36.4 Å². The minimum atomic E-state index is 0.0904. The van der Waals surface area contributed by atoms with Gasteiger partial charge in [0.2, 0.25) is 0 Å². The van der Waals surface area contributed by atoms with Crippen molar-refractivity contribution < 1.29 is 4.74 Å². The Kier molecular flexibility index (Phi) is 5.78. The maximum Gasteiger partial charge on any atom is 0.199 e. The normalized spacial score (nSPS) is 11.9. The van der Waals surface area contributed by atoms with Gasteiger partial charge in [0.25, 0.3) is 0 Å². The van der Waals surface area contributed by atoms with Crippen LogP contribution in [0.2, 0.25) is 0 Å². The molecular weight excluding hydrogens is 420 g/mol. The van der Waals surface area contributed by atoms with Gasteiger partial charge in [-0.25, -0.2) is 15.0 Å². The number of unbranched alkanes of at least 4 members (excludes halogenated alkanes) is 1. The monoisotopic (exact) mass is 450 g/mol. The van der Waals surface area contributed by atoms with E-state index in [9.17, 15) is 0 Å². The first kappa shape index (κ1) is 22.1. The van der Waals surface area contributed by atoms with E-state index in [4.69, 9.17) is 19.7 Å². The zero-order valence-electron chi connectivity index (χ0n) is 20.2. The fourth-order valence-corrected chi connectivity index (χ4v) is 4.04. The third-order valence-electron chi connectivity index (χ3n) is 6.04. The van der Waals surface area contributed by atoms with E-state index in [-0.39, 0.29) is 5.41 Å². The second-order valence-corrected chi connectivity index (χ2v) is 9.65. The molecule has 0 aliphatic rings. The quantitative estimate of drug-likeness (QED) is 0.259. The fourth-order valence-electron chi connectivity index (χ4n) is 4.04. The van der Waals surface area contributed by atoms with Crippen LogP contribution >= 0.6 is 0 Å². The summed E-state index contributed by atoms with van der Waals surface area (Å²) < 4.78 is 7.96. The molecule has 0 aliphatic heterocycles. The number of fused-ring (bicyclic) bond motifs is 2. The largest absolute Gasteiger partial charge is 0.494 e. The summed E-state index contributed by atoms with van der Waals surface area (Å²) in [5.41, 5.74) is 6.46. The smallest absolute Gasteiger partial charge is 0.199 e. The van der Waals surface area contributed by atoms with Crippen LogP contribution in [0.25, 0.3) is 39.4 Å². The lowest BCUT2D eigenvalue weighted by atomic mass is 9.87. The molecule has 172 valence electrons. The van der Waals surface area contributed by atoms with E-state index in [1.165, 1.54) is 5.56 Å². The Balaban J connectivity index is 1.65. The van der Waals surface area contributed by atoms with E-state index in [2.05, 4.69) is 68.7 Å². The standard InChI is InChI=1S/C29H30N4O/c1-5-6-19-34-23-17-15-22(16-18-23)33-27(20-11-13-21(14-12-20)29(2,3)4)32-26-28(33)31-25-10-8-7-9-24(25)30-26/h7-18H,5-6,19H2,1-4H3. The maximum atomic E-state index is 5.87. The van der Waals surface area contributed by atoms with E-state index in [0.717, 1.165) is 59.0 Å². The Hall–Kier alpha value is -3.73. The first-order chi connectivity index (χ1) is 16.4. The highest BCUT2D eigenvalue weighted by Gasteiger charge is 2.19. The molecule has 0 saturated carbocycles. The molecule has 0 bridgehead atoms. The molecule has 0 unspecified atom stereocenters. The van der Waals surface area contributed by atoms with Crippen LogP contribution in [0.15, 0.2) is 72.8 Å². The van der Waals surface area contributed by atoms with Gasteiger partial charge in [-0.15, -0.1) is 0 Å². The number of rotatable bonds is 6. The van der Waals surface area contributed by atoms with Crippen molar-refractivity contribution in [3.63, 3.8) is 0 Å². The molecule has 0 N–H and O–H groups in total. The van der Waals surface area contributed by atoms with Gasteiger partial charge in [0, 0.05) is 11.3 Å². The molecule has 2 heterocycles. The summed E-state index contributed by atoms with van der Waals surface area (Å²) in [5, 5.41) is 0. The first-order valence-corrected chi connectivity index (χ1v) is 11.9. The van der Waals surface area contributed by atoms with Crippen molar-refractivity contribution in [2.45, 2.75) is 46.0 Å². The number of aromatic nitrogens is 4. The van der Waals surface area contributed by atoms with E-state index < -0.39 is 0 Å². The second-order valence-electron chi connectivity index (χ2n) is 9.65. The molecule has 0 fully saturated rings. The van der Waals surface area contributed by atoms with Crippen molar-refractivity contribution in [1.29, 1.82) is 0 Å². The molecular formula is C29H30N4O. The number of ether oxygens (including phenoxy) is 1. The zero-order valence-corrected chi connectivity index (χ0v) is 20.2. The highest BCUT2D eigenvalue weighted by Crippen LogP contribution is 2.31. The summed E-state index contributed by atoms with van der Waals surface area (Å²) in [6, 6.07) is 24.7. The molecule has 0 aliphatic carbocycles. The van der Waals surface area contributed by atoms with Crippen molar-refractivity contribution in [3.05, 3.63) is 78.4 Å². The van der Waals surface area contributed by atoms with E-state index in [1.54, 1.807) is 0 Å². The molecule has 34 heavy (non-hydrogen) atoms. The van der Waals surface area contributed by atoms with Crippen molar-refractivity contribution in [3.8, 4) is 22.8 Å². The Morgan fingerprint density at radius 3 is 2.12 bits per heavy atom. The predicted molar refractivity (Wildman–Crippen MR) is 139 cm³/mol. The molecule has 5 heteroatoms. The molecule has 5 nitrogen and oxygen atoms in total. The molecule has 0 spiro atoms. The third kappa shape index (κ3) is 4.26. The van der Waals surface area contributed by atoms with Gasteiger partial charge in [-0.05, 0) is 53.8 Å². The molecule has 0 saturated heterocycles. The van der Waals surface area contributed by atoms with Crippen molar-refractivity contribution >= 4 is 22.3 Å². The zero-order chi connectivity index (χ0) is 23.7. The predicted octanol–water partition coefficient (Wildman–Crippen LogP) is 7.11. The van der Waals surface area contributed by atoms with Gasteiger partial charge in [0.05, 0.1) is 17.6 Å². The lowest BCUT2D eigenvalue weighted by Gasteiger charge is -2.19. The minimum Gasteiger partial charge on any atom is -0.494 e. The summed E-state index contributed by atoms with van der Waals surface area (Å²) >= 11 is 0. The van der Waals surface area contributed by atoms with Crippen molar-refractivity contribution in [1.82, 2.24) is 19.5 Å². The number of hydrogen-bond acceptors (Lipinski definition) is 4. The number of benzene rings is 3. The van der Waals surface area contributed by atoms with Gasteiger partial charge in [0.15, 0.2) is 11.3 Å². The van der Waals surface area contributed by atoms with Crippen LogP contribution in [-0.2, 0) is 5.41 Å². The van der Waals surface area contributed by atoms with Crippen molar-refractivity contribution in [2.24, 2.45) is 0 Å². The van der Waals surface area contributed by atoms with Crippen LogP contribution < -0.4 is 4.74 Å². The van der Waals surface area contributed by atoms with Gasteiger partial charge in [0.1, 0.15) is 11.6 Å². The van der Waals surface area contributed by atoms with Gasteiger partial charge in [-0.3, -0.25) is 4.57 Å². The molecule has 0 amide bonds. The molecule has 5 aromatic rings. The first-order valence-electron chi connectivity index (χ1n) is 11.9. The Morgan fingerprint density at radius 2 is 1.47 bits per heavy atom. The average molecular weight is 451 g/mol. The van der Waals surface area contributed by atoms with E-state index >= 15 is 0 Å². The number of imidazole rings is 1. The van der Waals surface area contributed by atoms with Gasteiger partial charge < -0.3 is 4.74 Å². The Morgan fingerprint density at radius 1 is 0.794 bits per heavy atom. The highest BCUT2D eigenvalue weighted by atomic mass is 16.5. The lowest BCUT2D eigenvalue weighted by molar-refractivity contribution is 0.309. The SMILES string of the molecule is CCCCOc1ccc(-n2c(-c3ccc(C(C)(C)C)cc3)nc3nc4ccccc4nc32)cc1. The van der Waals surface area contributed by atoms with Crippen LogP contribution in [-0.4, -0.2) is 26.1 Å². The summed E-state index contributed by atoms with van der Waals surface area (Å²) in [4.78, 5) is 14.7. The molecule has 0 atom stereocenters.